The van der Waals surface area contributed by atoms with Crippen LogP contribution in [-0.2, 0) is 4.79 Å². The standard InChI is InChI=1S/C11H19N3O3/c1-7(2)9(10(15)16)13-11(17)14(4)8(3)5-6-12/h7-9H,5H2,1-4H3,(H,13,17)(H,15,16)/t8?,9-/m1/s1. The predicted octanol–water partition coefficient (Wildman–Crippen LogP) is 1.04. The maximum Gasteiger partial charge on any atom is 0.326 e. The summed E-state index contributed by atoms with van der Waals surface area (Å²) in [6.45, 7) is 5.17. The van der Waals surface area contributed by atoms with Gasteiger partial charge in [-0.25, -0.2) is 9.59 Å². The molecule has 0 bridgehead atoms. The van der Waals surface area contributed by atoms with Crippen molar-refractivity contribution in [1.29, 1.82) is 5.26 Å². The molecule has 0 aliphatic carbocycles. The molecular weight excluding hydrogens is 222 g/mol. The van der Waals surface area contributed by atoms with E-state index in [1.807, 2.05) is 6.07 Å². The number of carbonyl (C=O) groups is 2. The van der Waals surface area contributed by atoms with Crippen molar-refractivity contribution in [2.24, 2.45) is 5.92 Å². The Morgan fingerprint density at radius 2 is 1.94 bits per heavy atom. The van der Waals surface area contributed by atoms with Crippen LogP contribution in [0.25, 0.3) is 0 Å². The molecule has 0 aliphatic heterocycles. The molecule has 2 amide bonds. The fourth-order valence-electron chi connectivity index (χ4n) is 1.22. The second kappa shape index (κ2) is 6.74. The average Bonchev–Trinajstić information content (AvgIpc) is 2.23. The van der Waals surface area contributed by atoms with Gasteiger partial charge in [0.05, 0.1) is 12.5 Å². The summed E-state index contributed by atoms with van der Waals surface area (Å²) in [7, 11) is 1.54. The lowest BCUT2D eigenvalue weighted by Gasteiger charge is -2.26. The third-order valence-electron chi connectivity index (χ3n) is 2.58. The van der Waals surface area contributed by atoms with Gasteiger partial charge in [-0.3, -0.25) is 0 Å². The van der Waals surface area contributed by atoms with Gasteiger partial charge in [-0.1, -0.05) is 13.8 Å². The first-order valence-corrected chi connectivity index (χ1v) is 5.44. The summed E-state index contributed by atoms with van der Waals surface area (Å²) in [5, 5.41) is 19.9. The first-order valence-electron chi connectivity index (χ1n) is 5.44. The van der Waals surface area contributed by atoms with Crippen LogP contribution in [0.3, 0.4) is 0 Å². The van der Waals surface area contributed by atoms with Crippen LogP contribution in [0.1, 0.15) is 27.2 Å². The van der Waals surface area contributed by atoms with Gasteiger partial charge in [0.25, 0.3) is 0 Å². The minimum Gasteiger partial charge on any atom is -0.480 e. The molecule has 0 aromatic carbocycles. The number of carbonyl (C=O) groups excluding carboxylic acids is 1. The zero-order valence-corrected chi connectivity index (χ0v) is 10.6. The third-order valence-corrected chi connectivity index (χ3v) is 2.58. The Labute approximate surface area is 101 Å². The predicted molar refractivity (Wildman–Crippen MR) is 62.2 cm³/mol. The van der Waals surface area contributed by atoms with Crippen molar-refractivity contribution < 1.29 is 14.7 Å². The number of rotatable bonds is 5. The molecule has 0 rings (SSSR count). The highest BCUT2D eigenvalue weighted by atomic mass is 16.4. The summed E-state index contributed by atoms with van der Waals surface area (Å²) < 4.78 is 0. The third kappa shape index (κ3) is 4.72. The Kier molecular flexibility index (Phi) is 6.03. The summed E-state index contributed by atoms with van der Waals surface area (Å²) >= 11 is 0. The van der Waals surface area contributed by atoms with Gasteiger partial charge in [0.15, 0.2) is 0 Å². The molecular formula is C11H19N3O3. The molecule has 0 fully saturated rings. The molecule has 17 heavy (non-hydrogen) atoms. The quantitative estimate of drug-likeness (QED) is 0.752. The highest BCUT2D eigenvalue weighted by Gasteiger charge is 2.26. The monoisotopic (exact) mass is 241 g/mol. The van der Waals surface area contributed by atoms with Gasteiger partial charge in [-0.05, 0) is 12.8 Å². The Hall–Kier alpha value is -1.77. The smallest absolute Gasteiger partial charge is 0.326 e. The first-order chi connectivity index (χ1) is 7.81. The number of hydrogen-bond donors (Lipinski definition) is 2. The summed E-state index contributed by atoms with van der Waals surface area (Å²) in [6, 6.07) is 0.320. The topological polar surface area (TPSA) is 93.4 Å². The van der Waals surface area contributed by atoms with E-state index in [4.69, 9.17) is 10.4 Å². The lowest BCUT2D eigenvalue weighted by Crippen LogP contribution is -2.51. The van der Waals surface area contributed by atoms with Gasteiger partial charge in [-0.2, -0.15) is 5.26 Å². The Morgan fingerprint density at radius 1 is 1.41 bits per heavy atom. The van der Waals surface area contributed by atoms with Crippen molar-refractivity contribution in [2.45, 2.75) is 39.3 Å². The molecule has 0 saturated heterocycles. The Bertz CT molecular complexity index is 322. The number of nitrogens with zero attached hydrogens (tertiary/aromatic N) is 2. The van der Waals surface area contributed by atoms with E-state index in [2.05, 4.69) is 5.32 Å². The molecule has 0 aromatic heterocycles. The number of urea groups is 1. The van der Waals surface area contributed by atoms with Crippen molar-refractivity contribution in [3.05, 3.63) is 0 Å². The summed E-state index contributed by atoms with van der Waals surface area (Å²) in [5.41, 5.74) is 0. The lowest BCUT2D eigenvalue weighted by atomic mass is 10.1. The molecule has 2 N–H and O–H groups in total. The van der Waals surface area contributed by atoms with E-state index in [9.17, 15) is 9.59 Å². The number of carboxylic acids is 1. The number of carboxylic acid groups (broad SMARTS) is 1. The van der Waals surface area contributed by atoms with Crippen LogP contribution in [0.15, 0.2) is 0 Å². The molecule has 0 radical (unpaired) electrons. The number of amides is 2. The summed E-state index contributed by atoms with van der Waals surface area (Å²) in [4.78, 5) is 24.0. The second-order valence-electron chi connectivity index (χ2n) is 4.33. The van der Waals surface area contributed by atoms with Gasteiger partial charge in [0, 0.05) is 13.1 Å². The molecule has 96 valence electrons. The molecule has 0 aromatic rings. The van der Waals surface area contributed by atoms with E-state index in [1.54, 1.807) is 20.8 Å². The number of hydrogen-bond acceptors (Lipinski definition) is 3. The van der Waals surface area contributed by atoms with Crippen LogP contribution in [0, 0.1) is 17.2 Å². The average molecular weight is 241 g/mol. The van der Waals surface area contributed by atoms with Crippen LogP contribution in [0.4, 0.5) is 4.79 Å². The van der Waals surface area contributed by atoms with E-state index >= 15 is 0 Å². The van der Waals surface area contributed by atoms with Crippen molar-refractivity contribution in [2.75, 3.05) is 7.05 Å². The van der Waals surface area contributed by atoms with E-state index in [0.717, 1.165) is 0 Å². The van der Waals surface area contributed by atoms with Crippen LogP contribution >= 0.6 is 0 Å². The van der Waals surface area contributed by atoms with Gasteiger partial charge in [-0.15, -0.1) is 0 Å². The zero-order chi connectivity index (χ0) is 13.6. The van der Waals surface area contributed by atoms with E-state index in [-0.39, 0.29) is 18.4 Å². The normalized spacial score (nSPS) is 13.6. The van der Waals surface area contributed by atoms with Crippen LogP contribution in [-0.4, -0.2) is 41.1 Å². The minimum absolute atomic E-state index is 0.198. The van der Waals surface area contributed by atoms with Gasteiger partial charge < -0.3 is 15.3 Å². The largest absolute Gasteiger partial charge is 0.480 e. The van der Waals surface area contributed by atoms with E-state index in [1.165, 1.54) is 11.9 Å². The highest BCUT2D eigenvalue weighted by molar-refractivity contribution is 5.82. The van der Waals surface area contributed by atoms with Gasteiger partial charge in [0.2, 0.25) is 0 Å². The van der Waals surface area contributed by atoms with Crippen LogP contribution in [0.5, 0.6) is 0 Å². The Morgan fingerprint density at radius 3 is 2.29 bits per heavy atom. The molecule has 0 aliphatic rings. The SMILES string of the molecule is CC(C)[C@@H](NC(=O)N(C)C(C)CC#N)C(=O)O. The zero-order valence-electron chi connectivity index (χ0n) is 10.6. The molecule has 0 saturated carbocycles. The first kappa shape index (κ1) is 15.2. The molecule has 0 spiro atoms. The maximum atomic E-state index is 11.7. The molecule has 6 heteroatoms. The van der Waals surface area contributed by atoms with Crippen molar-refractivity contribution >= 4 is 12.0 Å². The van der Waals surface area contributed by atoms with Gasteiger partial charge >= 0.3 is 12.0 Å². The minimum atomic E-state index is -1.06. The molecule has 1 unspecified atom stereocenters. The molecule has 6 nitrogen and oxygen atoms in total. The maximum absolute atomic E-state index is 11.7. The van der Waals surface area contributed by atoms with E-state index in [0.29, 0.717) is 0 Å². The van der Waals surface area contributed by atoms with Crippen molar-refractivity contribution in [3.8, 4) is 6.07 Å². The second-order valence-corrected chi connectivity index (χ2v) is 4.33. The molecule has 2 atom stereocenters. The fraction of sp³-hybridized carbons (Fsp3) is 0.727. The summed E-state index contributed by atoms with van der Waals surface area (Å²) in [6.07, 6.45) is 0.212. The Balaban J connectivity index is 4.52. The van der Waals surface area contributed by atoms with Crippen LogP contribution in [0.2, 0.25) is 0 Å². The molecule has 0 heterocycles. The van der Waals surface area contributed by atoms with Crippen LogP contribution < -0.4 is 5.32 Å². The highest BCUT2D eigenvalue weighted by Crippen LogP contribution is 2.05. The number of nitriles is 1. The number of aliphatic carboxylic acids is 1. The summed E-state index contributed by atoms with van der Waals surface area (Å²) in [5.74, 6) is -1.26. The fourth-order valence-corrected chi connectivity index (χ4v) is 1.22. The van der Waals surface area contributed by atoms with E-state index < -0.39 is 18.0 Å². The van der Waals surface area contributed by atoms with Crippen molar-refractivity contribution in [1.82, 2.24) is 10.2 Å². The van der Waals surface area contributed by atoms with Gasteiger partial charge in [0.1, 0.15) is 6.04 Å². The number of nitrogens with one attached hydrogen (secondary N) is 1. The lowest BCUT2D eigenvalue weighted by molar-refractivity contribution is -0.140. The van der Waals surface area contributed by atoms with Crippen molar-refractivity contribution in [3.63, 3.8) is 0 Å².